The molecule has 0 bridgehead atoms. The highest BCUT2D eigenvalue weighted by molar-refractivity contribution is 6.02. The van der Waals surface area contributed by atoms with Gasteiger partial charge in [-0.05, 0) is 24.3 Å². The normalized spacial score (nSPS) is 17.6. The van der Waals surface area contributed by atoms with Crippen LogP contribution in [-0.2, 0) is 9.63 Å². The van der Waals surface area contributed by atoms with Gasteiger partial charge in [0.1, 0.15) is 17.9 Å². The number of hydrogen-bond donors (Lipinski definition) is 2. The number of methoxy groups -OCH3 is 1. The molecule has 1 amide bonds. The van der Waals surface area contributed by atoms with Gasteiger partial charge in [0.15, 0.2) is 5.82 Å². The van der Waals surface area contributed by atoms with E-state index in [9.17, 15) is 4.79 Å². The summed E-state index contributed by atoms with van der Waals surface area (Å²) in [5, 5.41) is 8.17. The van der Waals surface area contributed by atoms with Gasteiger partial charge in [0.2, 0.25) is 5.91 Å². The van der Waals surface area contributed by atoms with Crippen LogP contribution in [0.4, 0.5) is 28.7 Å². The van der Waals surface area contributed by atoms with Crippen LogP contribution in [0.2, 0.25) is 0 Å². The van der Waals surface area contributed by atoms with Crippen LogP contribution in [0.3, 0.4) is 0 Å². The number of hydroxylamine groups is 1. The quantitative estimate of drug-likeness (QED) is 0.392. The van der Waals surface area contributed by atoms with Crippen LogP contribution in [0.5, 0.6) is 5.75 Å². The summed E-state index contributed by atoms with van der Waals surface area (Å²) < 4.78 is 5.77. The second-order valence-corrected chi connectivity index (χ2v) is 9.44. The summed E-state index contributed by atoms with van der Waals surface area (Å²) in [6.07, 6.45) is 3.65. The molecule has 0 radical (unpaired) electrons. The predicted molar refractivity (Wildman–Crippen MR) is 154 cm³/mol. The molecule has 204 valence electrons. The summed E-state index contributed by atoms with van der Waals surface area (Å²) >= 11 is 0. The van der Waals surface area contributed by atoms with E-state index >= 15 is 0 Å². The molecular weight excluding hydrogens is 494 g/mol. The predicted octanol–water partition coefficient (Wildman–Crippen LogP) is 4.38. The standard InChI is InChI=1S/C29H35N7O3/c1-4-29(37)33-22-17-23(26(38-3)18-25(22)35-14-12-34(5-2)13-15-35)32-27-19-28(31-20-30-27)36-24(11-16-39-36)21-9-7-6-8-10-21/h4,6-10,17-20,24H,1,5,11-16H2,2-3H3,(H,33,37)(H,30,31,32). The maximum atomic E-state index is 12.3. The Labute approximate surface area is 229 Å². The zero-order chi connectivity index (χ0) is 27.2. The maximum Gasteiger partial charge on any atom is 0.247 e. The minimum absolute atomic E-state index is 0.0664. The monoisotopic (exact) mass is 529 g/mol. The molecule has 2 aromatic carbocycles. The number of hydrogen-bond acceptors (Lipinski definition) is 9. The van der Waals surface area contributed by atoms with E-state index in [2.05, 4.69) is 56.0 Å². The lowest BCUT2D eigenvalue weighted by Crippen LogP contribution is -2.46. The number of carbonyl (C=O) groups is 1. The number of aromatic nitrogens is 2. The van der Waals surface area contributed by atoms with Crippen molar-refractivity contribution in [2.75, 3.05) is 67.0 Å². The van der Waals surface area contributed by atoms with E-state index in [1.807, 2.05) is 41.5 Å². The number of rotatable bonds is 9. The Hall–Kier alpha value is -4.15. The van der Waals surface area contributed by atoms with Crippen molar-refractivity contribution in [2.24, 2.45) is 0 Å². The van der Waals surface area contributed by atoms with Crippen LogP contribution in [0.25, 0.3) is 0 Å². The fourth-order valence-electron chi connectivity index (χ4n) is 5.03. The SMILES string of the molecule is C=CC(=O)Nc1cc(Nc2cc(N3OCCC3c3ccccc3)ncn2)c(OC)cc1N1CCN(CC)CC1. The topological polar surface area (TPSA) is 95.1 Å². The number of nitrogens with one attached hydrogen (secondary N) is 2. The van der Waals surface area contributed by atoms with E-state index in [0.29, 0.717) is 35.4 Å². The second kappa shape index (κ2) is 12.1. The van der Waals surface area contributed by atoms with Gasteiger partial charge in [0, 0.05) is 44.7 Å². The van der Waals surface area contributed by atoms with E-state index in [-0.39, 0.29) is 11.9 Å². The summed E-state index contributed by atoms with van der Waals surface area (Å²) in [5.74, 6) is 1.59. The molecule has 10 heteroatoms. The fraction of sp³-hybridized carbons (Fsp3) is 0.345. The van der Waals surface area contributed by atoms with Crippen molar-refractivity contribution in [3.8, 4) is 5.75 Å². The summed E-state index contributed by atoms with van der Waals surface area (Å²) in [7, 11) is 1.63. The Kier molecular flexibility index (Phi) is 8.24. The molecule has 2 fully saturated rings. The molecule has 0 spiro atoms. The molecule has 2 N–H and O–H groups in total. The summed E-state index contributed by atoms with van der Waals surface area (Å²) in [5.41, 5.74) is 3.42. The van der Waals surface area contributed by atoms with Gasteiger partial charge in [-0.15, -0.1) is 0 Å². The highest BCUT2D eigenvalue weighted by Gasteiger charge is 2.29. The third kappa shape index (κ3) is 5.97. The van der Waals surface area contributed by atoms with Crippen LogP contribution in [0.1, 0.15) is 24.9 Å². The number of piperazine rings is 1. The highest BCUT2D eigenvalue weighted by atomic mass is 16.7. The van der Waals surface area contributed by atoms with Crippen LogP contribution in [0, 0.1) is 0 Å². The molecule has 0 aliphatic carbocycles. The molecule has 10 nitrogen and oxygen atoms in total. The van der Waals surface area contributed by atoms with Crippen molar-refractivity contribution in [1.29, 1.82) is 0 Å². The molecule has 1 unspecified atom stereocenters. The largest absolute Gasteiger partial charge is 0.494 e. The molecule has 0 saturated carbocycles. The first-order valence-electron chi connectivity index (χ1n) is 13.3. The Morgan fingerprint density at radius 1 is 1.13 bits per heavy atom. The van der Waals surface area contributed by atoms with E-state index in [4.69, 9.17) is 9.57 Å². The van der Waals surface area contributed by atoms with Gasteiger partial charge in [0.25, 0.3) is 0 Å². The minimum Gasteiger partial charge on any atom is -0.494 e. The fourth-order valence-corrected chi connectivity index (χ4v) is 5.03. The summed E-state index contributed by atoms with van der Waals surface area (Å²) in [6, 6.07) is 16.0. The van der Waals surface area contributed by atoms with Gasteiger partial charge in [0.05, 0.1) is 36.8 Å². The number of anilines is 5. The molecule has 2 saturated heterocycles. The number of carbonyl (C=O) groups excluding carboxylic acids is 1. The van der Waals surface area contributed by atoms with E-state index in [1.54, 1.807) is 7.11 Å². The number of likely N-dealkylation sites (N-methyl/N-ethyl adjacent to an activating group) is 1. The lowest BCUT2D eigenvalue weighted by Gasteiger charge is -2.36. The second-order valence-electron chi connectivity index (χ2n) is 9.44. The van der Waals surface area contributed by atoms with Crippen molar-refractivity contribution < 1.29 is 14.4 Å². The van der Waals surface area contributed by atoms with Crippen LogP contribution >= 0.6 is 0 Å². The summed E-state index contributed by atoms with van der Waals surface area (Å²) in [4.78, 5) is 31.9. The van der Waals surface area contributed by atoms with Crippen LogP contribution in [0.15, 0.2) is 67.5 Å². The van der Waals surface area contributed by atoms with Crippen molar-refractivity contribution in [1.82, 2.24) is 14.9 Å². The Bertz CT molecular complexity index is 1300. The van der Waals surface area contributed by atoms with Gasteiger partial charge >= 0.3 is 0 Å². The van der Waals surface area contributed by atoms with E-state index < -0.39 is 0 Å². The van der Waals surface area contributed by atoms with Gasteiger partial charge in [-0.3, -0.25) is 9.63 Å². The molecule has 1 atom stereocenters. The van der Waals surface area contributed by atoms with Gasteiger partial charge in [-0.25, -0.2) is 15.0 Å². The van der Waals surface area contributed by atoms with Crippen LogP contribution in [-0.4, -0.2) is 67.2 Å². The number of benzene rings is 2. The average molecular weight is 530 g/mol. The molecule has 5 rings (SSSR count). The first kappa shape index (κ1) is 26.5. The van der Waals surface area contributed by atoms with Crippen molar-refractivity contribution in [3.63, 3.8) is 0 Å². The molecule has 3 aromatic rings. The zero-order valence-corrected chi connectivity index (χ0v) is 22.5. The first-order chi connectivity index (χ1) is 19.1. The van der Waals surface area contributed by atoms with Crippen molar-refractivity contribution in [3.05, 3.63) is 73.1 Å². The first-order valence-corrected chi connectivity index (χ1v) is 13.3. The Balaban J connectivity index is 1.43. The Morgan fingerprint density at radius 3 is 2.64 bits per heavy atom. The van der Waals surface area contributed by atoms with E-state index in [0.717, 1.165) is 44.8 Å². The molecule has 39 heavy (non-hydrogen) atoms. The van der Waals surface area contributed by atoms with Gasteiger partial charge in [-0.2, -0.15) is 0 Å². The molecule has 3 heterocycles. The molecule has 2 aliphatic heterocycles. The zero-order valence-electron chi connectivity index (χ0n) is 22.5. The smallest absolute Gasteiger partial charge is 0.247 e. The lowest BCUT2D eigenvalue weighted by atomic mass is 10.0. The number of ether oxygens (including phenoxy) is 1. The van der Waals surface area contributed by atoms with Gasteiger partial charge in [-0.1, -0.05) is 43.8 Å². The minimum atomic E-state index is -0.276. The molecular formula is C29H35N7O3. The van der Waals surface area contributed by atoms with Crippen LogP contribution < -0.4 is 25.3 Å². The molecule has 2 aliphatic rings. The third-order valence-corrected chi connectivity index (χ3v) is 7.15. The Morgan fingerprint density at radius 2 is 1.92 bits per heavy atom. The highest BCUT2D eigenvalue weighted by Crippen LogP contribution is 2.40. The number of nitrogens with zero attached hydrogens (tertiary/aromatic N) is 5. The maximum absolute atomic E-state index is 12.3. The lowest BCUT2D eigenvalue weighted by molar-refractivity contribution is -0.111. The number of amides is 1. The third-order valence-electron chi connectivity index (χ3n) is 7.15. The van der Waals surface area contributed by atoms with E-state index in [1.165, 1.54) is 18.0 Å². The summed E-state index contributed by atoms with van der Waals surface area (Å²) in [6.45, 7) is 11.0. The average Bonchev–Trinajstić information content (AvgIpc) is 3.48. The van der Waals surface area contributed by atoms with Gasteiger partial charge < -0.3 is 25.2 Å². The van der Waals surface area contributed by atoms with Crippen molar-refractivity contribution in [2.45, 2.75) is 19.4 Å². The van der Waals surface area contributed by atoms with Crippen molar-refractivity contribution >= 4 is 34.6 Å². The molecule has 1 aromatic heterocycles.